The molecular weight excluding hydrogens is 394 g/mol. The first-order valence-electron chi connectivity index (χ1n) is 10.7. The van der Waals surface area contributed by atoms with Gasteiger partial charge in [0.25, 0.3) is 5.91 Å². The molecule has 0 spiro atoms. The molecule has 31 heavy (non-hydrogen) atoms. The first kappa shape index (κ1) is 21.3. The number of likely N-dealkylation sites (tertiary alicyclic amines) is 1. The number of H-pyrrole nitrogens is 1. The van der Waals surface area contributed by atoms with Gasteiger partial charge < -0.3 is 19.7 Å². The number of hydrogen-bond acceptors (Lipinski definition) is 6. The third kappa shape index (κ3) is 4.86. The molecule has 4 rings (SSSR count). The van der Waals surface area contributed by atoms with Gasteiger partial charge in [-0.3, -0.25) is 14.9 Å². The Morgan fingerprint density at radius 1 is 1.26 bits per heavy atom. The summed E-state index contributed by atoms with van der Waals surface area (Å²) >= 11 is 0. The minimum atomic E-state index is -0.150. The quantitative estimate of drug-likeness (QED) is 0.579. The highest BCUT2D eigenvalue weighted by Gasteiger charge is 2.21. The van der Waals surface area contributed by atoms with E-state index in [2.05, 4.69) is 25.4 Å². The first-order valence-corrected chi connectivity index (χ1v) is 10.7. The Kier molecular flexibility index (Phi) is 6.79. The SMILES string of the molecule is COCCN1CCC(CNC(=O)c2n[nH]c3ccc(-c4cnccc4OC)cc23)CC1. The van der Waals surface area contributed by atoms with Crippen molar-refractivity contribution in [2.75, 3.05) is 47.0 Å². The summed E-state index contributed by atoms with van der Waals surface area (Å²) < 4.78 is 10.6. The van der Waals surface area contributed by atoms with Crippen LogP contribution < -0.4 is 10.1 Å². The molecule has 8 nitrogen and oxygen atoms in total. The van der Waals surface area contributed by atoms with E-state index in [0.29, 0.717) is 18.2 Å². The molecule has 8 heteroatoms. The Balaban J connectivity index is 1.43. The topological polar surface area (TPSA) is 92.4 Å². The lowest BCUT2D eigenvalue weighted by atomic mass is 9.96. The average molecular weight is 424 g/mol. The van der Waals surface area contributed by atoms with Gasteiger partial charge >= 0.3 is 0 Å². The molecule has 0 atom stereocenters. The molecule has 2 aromatic heterocycles. The van der Waals surface area contributed by atoms with Crippen LogP contribution in [0.2, 0.25) is 0 Å². The predicted molar refractivity (Wildman–Crippen MR) is 119 cm³/mol. The van der Waals surface area contributed by atoms with Gasteiger partial charge in [0.2, 0.25) is 0 Å². The molecule has 2 N–H and O–H groups in total. The maximum Gasteiger partial charge on any atom is 0.272 e. The zero-order chi connectivity index (χ0) is 21.6. The number of carbonyl (C=O) groups excluding carboxylic acids is 1. The second kappa shape index (κ2) is 9.89. The minimum Gasteiger partial charge on any atom is -0.496 e. The number of amides is 1. The third-order valence-electron chi connectivity index (χ3n) is 5.96. The number of nitrogens with one attached hydrogen (secondary N) is 2. The smallest absolute Gasteiger partial charge is 0.272 e. The summed E-state index contributed by atoms with van der Waals surface area (Å²) in [5.74, 6) is 1.08. The molecule has 0 bridgehead atoms. The van der Waals surface area contributed by atoms with Gasteiger partial charge in [-0.25, -0.2) is 0 Å². The van der Waals surface area contributed by atoms with Gasteiger partial charge in [-0.05, 0) is 55.6 Å². The van der Waals surface area contributed by atoms with E-state index in [-0.39, 0.29) is 5.91 Å². The third-order valence-corrected chi connectivity index (χ3v) is 5.96. The lowest BCUT2D eigenvalue weighted by Crippen LogP contribution is -2.39. The number of fused-ring (bicyclic) bond motifs is 1. The monoisotopic (exact) mass is 423 g/mol. The average Bonchev–Trinajstić information content (AvgIpc) is 3.25. The van der Waals surface area contributed by atoms with Crippen molar-refractivity contribution in [1.29, 1.82) is 0 Å². The minimum absolute atomic E-state index is 0.150. The summed E-state index contributed by atoms with van der Waals surface area (Å²) in [6.45, 7) is 4.50. The van der Waals surface area contributed by atoms with Crippen molar-refractivity contribution in [1.82, 2.24) is 25.4 Å². The van der Waals surface area contributed by atoms with Crippen LogP contribution in [0.1, 0.15) is 23.3 Å². The van der Waals surface area contributed by atoms with Crippen molar-refractivity contribution >= 4 is 16.8 Å². The van der Waals surface area contributed by atoms with Gasteiger partial charge in [-0.1, -0.05) is 6.07 Å². The van der Waals surface area contributed by atoms with Crippen molar-refractivity contribution in [3.8, 4) is 16.9 Å². The van der Waals surface area contributed by atoms with Crippen LogP contribution in [0.4, 0.5) is 0 Å². The summed E-state index contributed by atoms with van der Waals surface area (Å²) in [5.41, 5.74) is 3.04. The van der Waals surface area contributed by atoms with E-state index in [1.165, 1.54) is 0 Å². The van der Waals surface area contributed by atoms with Crippen LogP contribution >= 0.6 is 0 Å². The van der Waals surface area contributed by atoms with Crippen LogP contribution in [0.25, 0.3) is 22.0 Å². The van der Waals surface area contributed by atoms with Gasteiger partial charge in [-0.2, -0.15) is 5.10 Å². The van der Waals surface area contributed by atoms with Crippen LogP contribution in [-0.2, 0) is 4.74 Å². The number of methoxy groups -OCH3 is 2. The van der Waals surface area contributed by atoms with Crippen molar-refractivity contribution in [3.05, 3.63) is 42.4 Å². The summed E-state index contributed by atoms with van der Waals surface area (Å²) in [6.07, 6.45) is 5.62. The number of rotatable bonds is 8. The van der Waals surface area contributed by atoms with Gasteiger partial charge in [-0.15, -0.1) is 0 Å². The second-order valence-electron chi connectivity index (χ2n) is 7.90. The molecule has 0 aliphatic carbocycles. The van der Waals surface area contributed by atoms with Crippen molar-refractivity contribution in [2.45, 2.75) is 12.8 Å². The maximum absolute atomic E-state index is 12.9. The number of hydrogen-bond donors (Lipinski definition) is 2. The van der Waals surface area contributed by atoms with Crippen molar-refractivity contribution < 1.29 is 14.3 Å². The number of ether oxygens (including phenoxy) is 2. The molecule has 1 saturated heterocycles. The summed E-state index contributed by atoms with van der Waals surface area (Å²) in [4.78, 5) is 19.5. The van der Waals surface area contributed by atoms with Crippen LogP contribution in [0.15, 0.2) is 36.7 Å². The molecule has 1 amide bonds. The first-order chi connectivity index (χ1) is 15.2. The Morgan fingerprint density at radius 2 is 2.10 bits per heavy atom. The molecule has 1 aliphatic heterocycles. The van der Waals surface area contributed by atoms with Gasteiger partial charge in [0.05, 0.1) is 19.2 Å². The zero-order valence-electron chi connectivity index (χ0n) is 18.1. The highest BCUT2D eigenvalue weighted by atomic mass is 16.5. The van der Waals surface area contributed by atoms with Gasteiger partial charge in [0, 0.05) is 43.5 Å². The largest absolute Gasteiger partial charge is 0.496 e. The summed E-state index contributed by atoms with van der Waals surface area (Å²) in [5, 5.41) is 11.1. The number of pyridine rings is 1. The van der Waals surface area contributed by atoms with Crippen molar-refractivity contribution in [3.63, 3.8) is 0 Å². The highest BCUT2D eigenvalue weighted by molar-refractivity contribution is 6.05. The van der Waals surface area contributed by atoms with Crippen LogP contribution in [-0.4, -0.2) is 73.0 Å². The molecule has 1 fully saturated rings. The van der Waals surface area contributed by atoms with Crippen LogP contribution in [0.3, 0.4) is 0 Å². The van der Waals surface area contributed by atoms with E-state index in [1.54, 1.807) is 26.6 Å². The van der Waals surface area contributed by atoms with Crippen LogP contribution in [0.5, 0.6) is 5.75 Å². The highest BCUT2D eigenvalue weighted by Crippen LogP contribution is 2.31. The Morgan fingerprint density at radius 3 is 2.87 bits per heavy atom. The molecular formula is C23H29N5O3. The zero-order valence-corrected chi connectivity index (χ0v) is 18.1. The number of carbonyl (C=O) groups is 1. The van der Waals surface area contributed by atoms with E-state index >= 15 is 0 Å². The van der Waals surface area contributed by atoms with E-state index in [4.69, 9.17) is 9.47 Å². The molecule has 164 valence electrons. The number of aromatic amines is 1. The lowest BCUT2D eigenvalue weighted by Gasteiger charge is -2.31. The summed E-state index contributed by atoms with van der Waals surface area (Å²) in [7, 11) is 3.37. The fourth-order valence-electron chi connectivity index (χ4n) is 4.09. The standard InChI is InChI=1S/C23H29N5O3/c1-30-12-11-28-9-6-16(7-10-28)14-25-23(29)22-18-13-17(3-4-20(18)26-27-22)19-15-24-8-5-21(19)31-2/h3-5,8,13,15-16H,6-7,9-12,14H2,1-2H3,(H,25,29)(H,26,27). The lowest BCUT2D eigenvalue weighted by molar-refractivity contribution is 0.0922. The number of piperidine rings is 1. The number of benzene rings is 1. The second-order valence-corrected chi connectivity index (χ2v) is 7.90. The number of aromatic nitrogens is 3. The van der Waals surface area contributed by atoms with E-state index in [9.17, 15) is 4.79 Å². The molecule has 1 aromatic carbocycles. The van der Waals surface area contributed by atoms with Crippen LogP contribution in [0, 0.1) is 5.92 Å². The molecule has 1 aliphatic rings. The van der Waals surface area contributed by atoms with E-state index in [0.717, 1.165) is 66.9 Å². The molecule has 0 radical (unpaired) electrons. The Hall–Kier alpha value is -2.97. The molecule has 0 unspecified atom stereocenters. The predicted octanol–water partition coefficient (Wildman–Crippen LogP) is 2.72. The molecule has 3 aromatic rings. The Labute approximate surface area is 181 Å². The molecule has 3 heterocycles. The normalized spacial score (nSPS) is 15.3. The Bertz CT molecular complexity index is 1030. The molecule has 0 saturated carbocycles. The summed E-state index contributed by atoms with van der Waals surface area (Å²) in [6, 6.07) is 7.68. The fourth-order valence-corrected chi connectivity index (χ4v) is 4.09. The fraction of sp³-hybridized carbons (Fsp3) is 0.435. The van der Waals surface area contributed by atoms with E-state index in [1.807, 2.05) is 24.3 Å². The van der Waals surface area contributed by atoms with Gasteiger partial charge in [0.15, 0.2) is 5.69 Å². The van der Waals surface area contributed by atoms with Crippen molar-refractivity contribution in [2.24, 2.45) is 5.92 Å². The maximum atomic E-state index is 12.9. The van der Waals surface area contributed by atoms with Gasteiger partial charge in [0.1, 0.15) is 5.75 Å². The number of nitrogens with zero attached hydrogens (tertiary/aromatic N) is 3. The van der Waals surface area contributed by atoms with E-state index < -0.39 is 0 Å².